The Morgan fingerprint density at radius 2 is 2.00 bits per heavy atom. The predicted molar refractivity (Wildman–Crippen MR) is 107 cm³/mol. The number of aliphatic hydroxyl groups excluding tert-OH is 1. The van der Waals surface area contributed by atoms with Gasteiger partial charge in [0.15, 0.2) is 0 Å². The quantitative estimate of drug-likeness (QED) is 0.748. The molecule has 1 aliphatic carbocycles. The first-order valence-electron chi connectivity index (χ1n) is 9.70. The molecular weight excluding hydrogens is 350 g/mol. The van der Waals surface area contributed by atoms with Gasteiger partial charge < -0.3 is 14.6 Å². The van der Waals surface area contributed by atoms with E-state index < -0.39 is 6.10 Å². The van der Waals surface area contributed by atoms with Crippen molar-refractivity contribution in [1.29, 1.82) is 0 Å². The number of carbonyl (C=O) groups is 1. The van der Waals surface area contributed by atoms with Crippen LogP contribution in [0.1, 0.15) is 45.6 Å². The number of hydrogen-bond acceptors (Lipinski definition) is 3. The molecule has 1 amide bonds. The number of aryl methyl sites for hydroxylation is 1. The van der Waals surface area contributed by atoms with E-state index in [1.165, 1.54) is 11.1 Å². The standard InChI is InChI=1S/C23H23N3O2/c1-25(2)23(28)15-8-9-16-14(11-15)7-10-19(22(16)27)21-18-6-4-3-5-17(18)20-12-24-13-26(20)21/h3-6,8-9,11-13,19,21-22,27H,7,10H2,1-2H3/t19-,21+,22?/m1/s1. The Morgan fingerprint density at radius 1 is 1.18 bits per heavy atom. The Hall–Kier alpha value is -2.92. The van der Waals surface area contributed by atoms with Gasteiger partial charge in [-0.2, -0.15) is 0 Å². The molecule has 0 bridgehead atoms. The third kappa shape index (κ3) is 2.43. The van der Waals surface area contributed by atoms with Gasteiger partial charge in [0.2, 0.25) is 0 Å². The van der Waals surface area contributed by atoms with Crippen molar-refractivity contribution in [2.45, 2.75) is 25.0 Å². The molecule has 28 heavy (non-hydrogen) atoms. The number of benzene rings is 2. The molecule has 5 heteroatoms. The summed E-state index contributed by atoms with van der Waals surface area (Å²) in [6.07, 6.45) is 4.93. The molecule has 142 valence electrons. The molecule has 2 heterocycles. The highest BCUT2D eigenvalue weighted by atomic mass is 16.3. The zero-order chi connectivity index (χ0) is 19.4. The molecule has 0 saturated heterocycles. The molecule has 5 nitrogen and oxygen atoms in total. The van der Waals surface area contributed by atoms with Crippen molar-refractivity contribution in [3.63, 3.8) is 0 Å². The fourth-order valence-corrected chi connectivity index (χ4v) is 4.85. The summed E-state index contributed by atoms with van der Waals surface area (Å²) >= 11 is 0. The first-order chi connectivity index (χ1) is 13.6. The van der Waals surface area contributed by atoms with Gasteiger partial charge >= 0.3 is 0 Å². The zero-order valence-corrected chi connectivity index (χ0v) is 16.0. The van der Waals surface area contributed by atoms with Gasteiger partial charge in [0, 0.05) is 31.1 Å². The maximum atomic E-state index is 12.3. The van der Waals surface area contributed by atoms with E-state index in [2.05, 4.69) is 33.8 Å². The van der Waals surface area contributed by atoms with Crippen LogP contribution in [0.3, 0.4) is 0 Å². The number of fused-ring (bicyclic) bond motifs is 4. The smallest absolute Gasteiger partial charge is 0.253 e. The minimum Gasteiger partial charge on any atom is -0.388 e. The van der Waals surface area contributed by atoms with Gasteiger partial charge in [-0.1, -0.05) is 30.3 Å². The van der Waals surface area contributed by atoms with Crippen LogP contribution in [0.4, 0.5) is 0 Å². The normalized spacial score (nSPS) is 22.3. The van der Waals surface area contributed by atoms with Gasteiger partial charge in [0.25, 0.3) is 5.91 Å². The Morgan fingerprint density at radius 3 is 2.82 bits per heavy atom. The maximum absolute atomic E-state index is 12.3. The van der Waals surface area contributed by atoms with E-state index in [4.69, 9.17) is 0 Å². The van der Waals surface area contributed by atoms with Crippen molar-refractivity contribution in [2.24, 2.45) is 5.92 Å². The second kappa shape index (κ2) is 6.31. The van der Waals surface area contributed by atoms with Gasteiger partial charge in [0.1, 0.15) is 0 Å². The molecule has 3 atom stereocenters. The Balaban J connectivity index is 1.53. The predicted octanol–water partition coefficient (Wildman–Crippen LogP) is 3.45. The molecule has 5 rings (SSSR count). The van der Waals surface area contributed by atoms with Crippen LogP contribution in [0.5, 0.6) is 0 Å². The van der Waals surface area contributed by atoms with Crippen LogP contribution in [0.2, 0.25) is 0 Å². The van der Waals surface area contributed by atoms with Crippen molar-refractivity contribution in [1.82, 2.24) is 14.5 Å². The highest BCUT2D eigenvalue weighted by Crippen LogP contribution is 2.49. The van der Waals surface area contributed by atoms with Crippen LogP contribution >= 0.6 is 0 Å². The summed E-state index contributed by atoms with van der Waals surface area (Å²) in [4.78, 5) is 18.2. The maximum Gasteiger partial charge on any atom is 0.253 e. The molecule has 1 aliphatic heterocycles. The number of aromatic nitrogens is 2. The van der Waals surface area contributed by atoms with E-state index in [9.17, 15) is 9.90 Å². The molecule has 0 saturated carbocycles. The number of imidazole rings is 1. The summed E-state index contributed by atoms with van der Waals surface area (Å²) in [7, 11) is 3.51. The Kier molecular flexibility index (Phi) is 3.88. The van der Waals surface area contributed by atoms with Crippen LogP contribution in [-0.2, 0) is 6.42 Å². The summed E-state index contributed by atoms with van der Waals surface area (Å²) < 4.78 is 2.20. The van der Waals surface area contributed by atoms with Crippen LogP contribution in [0.15, 0.2) is 55.0 Å². The monoisotopic (exact) mass is 373 g/mol. The number of nitrogens with zero attached hydrogens (tertiary/aromatic N) is 3. The van der Waals surface area contributed by atoms with E-state index in [1.54, 1.807) is 19.0 Å². The lowest BCUT2D eigenvalue weighted by molar-refractivity contribution is 0.0717. The largest absolute Gasteiger partial charge is 0.388 e. The summed E-state index contributed by atoms with van der Waals surface area (Å²) in [6, 6.07) is 14.2. The topological polar surface area (TPSA) is 58.4 Å². The van der Waals surface area contributed by atoms with E-state index >= 15 is 0 Å². The average molecular weight is 373 g/mol. The number of aliphatic hydroxyl groups is 1. The van der Waals surface area contributed by atoms with Crippen LogP contribution in [0, 0.1) is 5.92 Å². The summed E-state index contributed by atoms with van der Waals surface area (Å²) in [5, 5.41) is 11.3. The molecule has 0 radical (unpaired) electrons. The van der Waals surface area contributed by atoms with Gasteiger partial charge in [-0.3, -0.25) is 4.79 Å². The summed E-state index contributed by atoms with van der Waals surface area (Å²) in [5.41, 5.74) is 6.27. The molecule has 2 aromatic carbocycles. The SMILES string of the molecule is CN(C)C(=O)c1ccc2c(c1)CC[C@H]([C@@H]1c3ccccc3-c3cncn31)C2O. The van der Waals surface area contributed by atoms with Crippen molar-refractivity contribution in [2.75, 3.05) is 14.1 Å². The lowest BCUT2D eigenvalue weighted by Crippen LogP contribution is -2.29. The van der Waals surface area contributed by atoms with Gasteiger partial charge in [-0.25, -0.2) is 4.98 Å². The van der Waals surface area contributed by atoms with Gasteiger partial charge in [-0.05, 0) is 41.7 Å². The molecule has 1 N–H and O–H groups in total. The van der Waals surface area contributed by atoms with E-state index in [0.717, 1.165) is 29.7 Å². The second-order valence-corrected chi connectivity index (χ2v) is 7.98. The van der Waals surface area contributed by atoms with Crippen LogP contribution in [-0.4, -0.2) is 39.6 Å². The third-order valence-corrected chi connectivity index (χ3v) is 6.19. The van der Waals surface area contributed by atoms with Crippen molar-refractivity contribution in [3.8, 4) is 11.3 Å². The van der Waals surface area contributed by atoms with Gasteiger partial charge in [0.05, 0.1) is 30.4 Å². The summed E-state index contributed by atoms with van der Waals surface area (Å²) in [5.74, 6) is 0.0618. The number of carbonyl (C=O) groups excluding carboxylic acids is 1. The molecule has 2 aliphatic rings. The molecule has 0 fully saturated rings. The van der Waals surface area contributed by atoms with Crippen LogP contribution in [0.25, 0.3) is 11.3 Å². The number of rotatable bonds is 2. The van der Waals surface area contributed by atoms with Gasteiger partial charge in [-0.15, -0.1) is 0 Å². The highest BCUT2D eigenvalue weighted by molar-refractivity contribution is 5.94. The van der Waals surface area contributed by atoms with Crippen LogP contribution < -0.4 is 0 Å². The molecule has 3 aromatic rings. The minimum atomic E-state index is -0.571. The first kappa shape index (κ1) is 17.2. The fraction of sp³-hybridized carbons (Fsp3) is 0.304. The zero-order valence-electron chi connectivity index (χ0n) is 16.0. The van der Waals surface area contributed by atoms with Crippen molar-refractivity contribution in [3.05, 3.63) is 77.2 Å². The molecular formula is C23H23N3O2. The number of hydrogen-bond donors (Lipinski definition) is 1. The van der Waals surface area contributed by atoms with E-state index in [0.29, 0.717) is 5.56 Å². The number of amides is 1. The van der Waals surface area contributed by atoms with E-state index in [-0.39, 0.29) is 17.9 Å². The lowest BCUT2D eigenvalue weighted by atomic mass is 9.75. The molecule has 1 aromatic heterocycles. The first-order valence-corrected chi connectivity index (χ1v) is 9.70. The Labute approximate surface area is 164 Å². The van der Waals surface area contributed by atoms with Crippen molar-refractivity contribution < 1.29 is 9.90 Å². The third-order valence-electron chi connectivity index (χ3n) is 6.19. The van der Waals surface area contributed by atoms with Crippen molar-refractivity contribution >= 4 is 5.91 Å². The Bertz CT molecular complexity index is 1070. The molecule has 0 spiro atoms. The molecule has 1 unspecified atom stereocenters. The second-order valence-electron chi connectivity index (χ2n) is 7.98. The fourth-order valence-electron chi connectivity index (χ4n) is 4.85. The van der Waals surface area contributed by atoms with E-state index in [1.807, 2.05) is 30.7 Å². The highest BCUT2D eigenvalue weighted by Gasteiger charge is 2.40. The lowest BCUT2D eigenvalue weighted by Gasteiger charge is -2.35. The summed E-state index contributed by atoms with van der Waals surface area (Å²) in [6.45, 7) is 0. The minimum absolute atomic E-state index is 0.00723. The average Bonchev–Trinajstić information content (AvgIpc) is 3.29.